The van der Waals surface area contributed by atoms with Gasteiger partial charge in [-0.2, -0.15) is 29.2 Å². The zero-order valence-corrected chi connectivity index (χ0v) is 40.5. The molecule has 2 atom stereocenters. The minimum atomic E-state index is -1.40. The number of hydrogen-bond donors (Lipinski definition) is 4. The summed E-state index contributed by atoms with van der Waals surface area (Å²) in [4.78, 5) is 27.2. The zero-order chi connectivity index (χ0) is 47.6. The molecule has 8 aromatic rings. The SMILES string of the molecule is CC(C)c1cnn2c(N[C@@H]3CCC4=C(C3)c3ccccc3C4)nc(-c3cccnc3)nc12.CSc1nc(N[C@@H]2CCC3=C(C2)c2ccccc2C3)n2ncc(C(C)C)c2n1.OB(O)c1cccnc1. The Morgan fingerprint density at radius 2 is 1.16 bits per heavy atom. The molecular weight excluding hydrogens is 880 g/mol. The van der Waals surface area contributed by atoms with Gasteiger partial charge >= 0.3 is 7.12 Å². The third-order valence-corrected chi connectivity index (χ3v) is 14.1. The van der Waals surface area contributed by atoms with Gasteiger partial charge in [0.15, 0.2) is 22.3 Å². The highest BCUT2D eigenvalue weighted by molar-refractivity contribution is 7.98. The molecule has 14 nitrogen and oxygen atoms in total. The average molecular weight is 937 g/mol. The van der Waals surface area contributed by atoms with Crippen LogP contribution in [0.1, 0.15) is 111 Å². The van der Waals surface area contributed by atoms with Crippen molar-refractivity contribution < 1.29 is 10.0 Å². The minimum Gasteiger partial charge on any atom is -0.423 e. The summed E-state index contributed by atoms with van der Waals surface area (Å²) in [7, 11) is -1.40. The molecule has 0 unspecified atom stereocenters. The largest absolute Gasteiger partial charge is 0.490 e. The van der Waals surface area contributed by atoms with Gasteiger partial charge in [-0.3, -0.25) is 9.97 Å². The van der Waals surface area contributed by atoms with Crippen molar-refractivity contribution in [3.05, 3.63) is 155 Å². The zero-order valence-electron chi connectivity index (χ0n) is 39.7. The van der Waals surface area contributed by atoms with E-state index in [9.17, 15) is 0 Å². The lowest BCUT2D eigenvalue weighted by atomic mass is 9.82. The van der Waals surface area contributed by atoms with Crippen molar-refractivity contribution in [1.29, 1.82) is 0 Å². The van der Waals surface area contributed by atoms with E-state index in [1.54, 1.807) is 47.4 Å². The molecule has 6 aromatic heterocycles. The molecule has 2 aromatic carbocycles. The van der Waals surface area contributed by atoms with Crippen LogP contribution in [0.2, 0.25) is 0 Å². The summed E-state index contributed by atoms with van der Waals surface area (Å²) in [5.41, 5.74) is 17.5. The van der Waals surface area contributed by atoms with Crippen molar-refractivity contribution in [2.75, 3.05) is 16.9 Å². The molecule has 0 aliphatic heterocycles. The first-order valence-corrected chi connectivity index (χ1v) is 25.2. The van der Waals surface area contributed by atoms with E-state index in [0.29, 0.717) is 35.2 Å². The molecule has 0 saturated carbocycles. The van der Waals surface area contributed by atoms with Crippen LogP contribution in [0.25, 0.3) is 33.8 Å². The Hall–Kier alpha value is -6.75. The first-order valence-electron chi connectivity index (χ1n) is 23.9. The van der Waals surface area contributed by atoms with Crippen LogP contribution in [0.3, 0.4) is 0 Å². The molecule has 4 N–H and O–H groups in total. The second-order valence-corrected chi connectivity index (χ2v) is 19.6. The number of anilines is 2. The number of rotatable bonds is 9. The van der Waals surface area contributed by atoms with Crippen LogP contribution < -0.4 is 16.1 Å². The van der Waals surface area contributed by atoms with Crippen molar-refractivity contribution in [1.82, 2.24) is 49.1 Å². The number of benzene rings is 2. The predicted octanol–water partition coefficient (Wildman–Crippen LogP) is 8.99. The maximum atomic E-state index is 8.54. The fourth-order valence-electron chi connectivity index (χ4n) is 10.00. The summed E-state index contributed by atoms with van der Waals surface area (Å²) in [5, 5.41) is 34.5. The van der Waals surface area contributed by atoms with Gasteiger partial charge in [-0.25, -0.2) is 9.97 Å². The topological polar surface area (TPSA) is 176 Å². The Kier molecular flexibility index (Phi) is 13.4. The van der Waals surface area contributed by atoms with Gasteiger partial charge in [0.2, 0.25) is 11.9 Å². The van der Waals surface area contributed by atoms with Crippen LogP contribution >= 0.6 is 11.8 Å². The van der Waals surface area contributed by atoms with Crippen molar-refractivity contribution in [2.24, 2.45) is 0 Å². The Morgan fingerprint density at radius 3 is 1.65 bits per heavy atom. The van der Waals surface area contributed by atoms with Gasteiger partial charge in [-0.15, -0.1) is 0 Å². The summed E-state index contributed by atoms with van der Waals surface area (Å²) in [5.74, 6) is 2.95. The van der Waals surface area contributed by atoms with Gasteiger partial charge in [0, 0.05) is 59.0 Å². The third-order valence-electron chi connectivity index (χ3n) is 13.6. The summed E-state index contributed by atoms with van der Waals surface area (Å²) in [6.45, 7) is 8.70. The first kappa shape index (κ1) is 46.0. The fraction of sp³-hybridized carbons (Fsp3) is 0.321. The Labute approximate surface area is 407 Å². The van der Waals surface area contributed by atoms with Gasteiger partial charge in [-0.1, -0.05) is 105 Å². The molecule has 16 heteroatoms. The van der Waals surface area contributed by atoms with E-state index in [0.717, 1.165) is 90.8 Å². The number of pyridine rings is 2. The van der Waals surface area contributed by atoms with Crippen LogP contribution in [0.4, 0.5) is 11.9 Å². The number of thioether (sulfide) groups is 1. The summed E-state index contributed by atoms with van der Waals surface area (Å²) >= 11 is 1.58. The molecule has 0 bridgehead atoms. The summed E-state index contributed by atoms with van der Waals surface area (Å²) in [6.07, 6.45) is 21.2. The number of nitrogens with one attached hydrogen (secondary N) is 2. The van der Waals surface area contributed by atoms with Gasteiger partial charge in [0.05, 0.1) is 12.4 Å². The average Bonchev–Trinajstić information content (AvgIpc) is 4.18. The van der Waals surface area contributed by atoms with Gasteiger partial charge < -0.3 is 20.7 Å². The number of aromatic nitrogens is 10. The molecule has 0 saturated heterocycles. The predicted molar refractivity (Wildman–Crippen MR) is 275 cm³/mol. The van der Waals surface area contributed by atoms with Gasteiger partial charge in [-0.05, 0) is 121 Å². The molecule has 4 aliphatic carbocycles. The molecule has 0 spiro atoms. The second-order valence-electron chi connectivity index (χ2n) is 18.8. The van der Waals surface area contributed by atoms with Gasteiger partial charge in [0.25, 0.3) is 0 Å². The van der Waals surface area contributed by atoms with Crippen LogP contribution in [-0.4, -0.2) is 84.6 Å². The highest BCUT2D eigenvalue weighted by Crippen LogP contribution is 2.43. The maximum absolute atomic E-state index is 8.54. The van der Waals surface area contributed by atoms with Crippen molar-refractivity contribution in [2.45, 2.75) is 108 Å². The lowest BCUT2D eigenvalue weighted by molar-refractivity contribution is 0.425. The van der Waals surface area contributed by atoms with E-state index in [2.05, 4.69) is 107 Å². The number of fused-ring (bicyclic) bond motifs is 6. The molecule has 350 valence electrons. The molecular formula is C53H57BN12O2S. The van der Waals surface area contributed by atoms with Crippen molar-refractivity contribution in [3.8, 4) is 11.4 Å². The first-order chi connectivity index (χ1) is 33.6. The van der Waals surface area contributed by atoms with Crippen LogP contribution in [0.15, 0.2) is 126 Å². The van der Waals surface area contributed by atoms with E-state index in [-0.39, 0.29) is 0 Å². The highest BCUT2D eigenvalue weighted by Gasteiger charge is 2.31. The van der Waals surface area contributed by atoms with E-state index in [1.165, 1.54) is 45.2 Å². The Balaban J connectivity index is 0.000000137. The van der Waals surface area contributed by atoms with Crippen LogP contribution in [0.5, 0.6) is 0 Å². The van der Waals surface area contributed by atoms with E-state index in [1.807, 2.05) is 46.0 Å². The van der Waals surface area contributed by atoms with Crippen LogP contribution in [-0.2, 0) is 12.8 Å². The number of hydrogen-bond acceptors (Lipinski definition) is 13. The summed E-state index contributed by atoms with van der Waals surface area (Å²) in [6, 6.07) is 25.5. The molecule has 0 radical (unpaired) electrons. The van der Waals surface area contributed by atoms with Crippen molar-refractivity contribution >= 4 is 58.7 Å². The maximum Gasteiger partial charge on any atom is 0.490 e. The van der Waals surface area contributed by atoms with E-state index >= 15 is 0 Å². The quantitative estimate of drug-likeness (QED) is 0.0798. The minimum absolute atomic E-state index is 0.312. The van der Waals surface area contributed by atoms with E-state index < -0.39 is 7.12 Å². The lowest BCUT2D eigenvalue weighted by Crippen LogP contribution is -2.29. The lowest BCUT2D eigenvalue weighted by Gasteiger charge is -2.26. The third kappa shape index (κ3) is 9.65. The number of nitrogens with zero attached hydrogens (tertiary/aromatic N) is 10. The monoisotopic (exact) mass is 936 g/mol. The smallest absolute Gasteiger partial charge is 0.423 e. The molecule has 12 rings (SSSR count). The fourth-order valence-corrected chi connectivity index (χ4v) is 10.4. The standard InChI is InChI=1S/C26H26N6.C22H25N5S.C5H6BNO2/c1-16(2)23-15-28-32-25(23)30-24(19-7-5-11-27-14-19)31-26(32)29-20-10-9-18-12-17-6-3-4-8-21(17)22(18)13-20;1-13(2)19-12-23-27-20(19)25-22(28-3)26-21(27)24-16-9-8-15-10-14-6-4-5-7-17(14)18(15)11-16;8-6(9)5-2-1-3-7-4-5/h3-8,11,14-16,20H,9-10,12-13H2,1-2H3,(H,29,30,31);4-7,12-13,16H,8-11H2,1-3H3,(H,24,25,26);1-4,8-9H/t20-;16-;/m11./s1. The van der Waals surface area contributed by atoms with E-state index in [4.69, 9.17) is 30.0 Å². The molecule has 69 heavy (non-hydrogen) atoms. The molecule has 4 aliphatic rings. The summed E-state index contributed by atoms with van der Waals surface area (Å²) < 4.78 is 3.74. The molecule has 6 heterocycles. The second kappa shape index (κ2) is 20.1. The molecule has 0 fully saturated rings. The Bertz CT molecular complexity index is 3190. The number of allylic oxidation sites excluding steroid dienone is 2. The van der Waals surface area contributed by atoms with Crippen LogP contribution in [0, 0.1) is 0 Å². The van der Waals surface area contributed by atoms with Crippen molar-refractivity contribution in [3.63, 3.8) is 0 Å². The normalized spacial score (nSPS) is 16.9. The van der Waals surface area contributed by atoms with Gasteiger partial charge in [0.1, 0.15) is 0 Å². The Morgan fingerprint density at radius 1 is 0.623 bits per heavy atom. The highest BCUT2D eigenvalue weighted by atomic mass is 32.2. The molecule has 0 amide bonds.